The fourth-order valence-corrected chi connectivity index (χ4v) is 3.44. The molecule has 0 saturated heterocycles. The number of carbonyl (C=O) groups is 2. The number of rotatable bonds is 9. The van der Waals surface area contributed by atoms with Gasteiger partial charge in [-0.15, -0.1) is 11.3 Å². The van der Waals surface area contributed by atoms with E-state index in [-0.39, 0.29) is 17.5 Å². The van der Waals surface area contributed by atoms with E-state index in [1.54, 1.807) is 18.2 Å². The van der Waals surface area contributed by atoms with Gasteiger partial charge in [-0.25, -0.2) is 0 Å². The molecule has 0 bridgehead atoms. The number of ether oxygens (including phenoxy) is 1. The summed E-state index contributed by atoms with van der Waals surface area (Å²) in [7, 11) is 0. The number of nitrogens with one attached hydrogen (secondary N) is 2. The molecule has 0 saturated carbocycles. The zero-order valence-electron chi connectivity index (χ0n) is 16.8. The summed E-state index contributed by atoms with van der Waals surface area (Å²) >= 11 is 1.49. The third kappa shape index (κ3) is 6.40. The highest BCUT2D eigenvalue weighted by Gasteiger charge is 2.15. The summed E-state index contributed by atoms with van der Waals surface area (Å²) in [6.07, 6.45) is 1.68. The quantitative estimate of drug-likeness (QED) is 0.403. The number of benzene rings is 2. The molecule has 3 rings (SSSR count). The van der Waals surface area contributed by atoms with E-state index < -0.39 is 0 Å². The number of amides is 2. The molecule has 0 radical (unpaired) electrons. The zero-order chi connectivity index (χ0) is 21.2. The van der Waals surface area contributed by atoms with Crippen molar-refractivity contribution >= 4 is 29.2 Å². The predicted molar refractivity (Wildman–Crippen MR) is 120 cm³/mol. The van der Waals surface area contributed by atoms with E-state index in [4.69, 9.17) is 4.74 Å². The molecule has 0 atom stereocenters. The summed E-state index contributed by atoms with van der Waals surface area (Å²) < 4.78 is 5.60. The van der Waals surface area contributed by atoms with Crippen LogP contribution in [0.5, 0.6) is 0 Å². The molecule has 30 heavy (non-hydrogen) atoms. The van der Waals surface area contributed by atoms with E-state index >= 15 is 0 Å². The van der Waals surface area contributed by atoms with Gasteiger partial charge >= 0.3 is 0 Å². The van der Waals surface area contributed by atoms with Gasteiger partial charge in [0.05, 0.1) is 13.2 Å². The maximum absolute atomic E-state index is 12.7. The van der Waals surface area contributed by atoms with Crippen LogP contribution in [-0.4, -0.2) is 25.0 Å². The second-order valence-electron chi connectivity index (χ2n) is 6.64. The van der Waals surface area contributed by atoms with Gasteiger partial charge < -0.3 is 15.4 Å². The molecule has 2 amide bonds. The highest BCUT2D eigenvalue weighted by atomic mass is 32.1. The van der Waals surface area contributed by atoms with Crippen LogP contribution in [-0.2, 0) is 16.1 Å². The van der Waals surface area contributed by atoms with E-state index in [0.29, 0.717) is 25.3 Å². The van der Waals surface area contributed by atoms with Gasteiger partial charge in [0, 0.05) is 17.0 Å². The summed E-state index contributed by atoms with van der Waals surface area (Å²) in [6, 6.07) is 20.9. The van der Waals surface area contributed by atoms with Gasteiger partial charge in [-0.2, -0.15) is 0 Å². The third-order valence-electron chi connectivity index (χ3n) is 4.36. The number of carbonyl (C=O) groups excluding carboxylic acids is 2. The second kappa shape index (κ2) is 11.1. The van der Waals surface area contributed by atoms with Crippen molar-refractivity contribution < 1.29 is 14.3 Å². The van der Waals surface area contributed by atoms with Gasteiger partial charge in [0.25, 0.3) is 11.8 Å². The summed E-state index contributed by atoms with van der Waals surface area (Å²) in [5.74, 6) is -0.667. The van der Waals surface area contributed by atoms with Gasteiger partial charge in [0.1, 0.15) is 5.70 Å². The molecule has 0 aliphatic rings. The molecular weight excluding hydrogens is 396 g/mol. The van der Waals surface area contributed by atoms with Crippen molar-refractivity contribution in [3.63, 3.8) is 0 Å². The molecule has 0 spiro atoms. The molecule has 0 unspecified atom stereocenters. The van der Waals surface area contributed by atoms with Gasteiger partial charge in [-0.05, 0) is 41.6 Å². The van der Waals surface area contributed by atoms with E-state index in [0.717, 1.165) is 16.0 Å². The van der Waals surface area contributed by atoms with Crippen LogP contribution in [0.3, 0.4) is 0 Å². The Balaban J connectivity index is 1.58. The van der Waals surface area contributed by atoms with Gasteiger partial charge in [0.2, 0.25) is 0 Å². The number of hydrogen-bond donors (Lipinski definition) is 2. The third-order valence-corrected chi connectivity index (χ3v) is 5.18. The van der Waals surface area contributed by atoms with Crippen LogP contribution in [0.1, 0.15) is 26.4 Å². The highest BCUT2D eigenvalue weighted by Crippen LogP contribution is 2.14. The molecule has 1 heterocycles. The minimum atomic E-state index is -0.353. The Morgan fingerprint density at radius 3 is 2.50 bits per heavy atom. The molecule has 3 aromatic rings. The Hall–Kier alpha value is -3.22. The molecule has 154 valence electrons. The van der Waals surface area contributed by atoms with Crippen LogP contribution in [0.2, 0.25) is 0 Å². The average Bonchev–Trinajstić information content (AvgIpc) is 3.27. The zero-order valence-corrected chi connectivity index (χ0v) is 17.6. The largest absolute Gasteiger partial charge is 0.375 e. The van der Waals surface area contributed by atoms with Crippen LogP contribution in [0.15, 0.2) is 77.8 Å². The Morgan fingerprint density at radius 1 is 1.00 bits per heavy atom. The first-order valence-corrected chi connectivity index (χ1v) is 10.5. The van der Waals surface area contributed by atoms with E-state index in [2.05, 4.69) is 10.6 Å². The maximum Gasteiger partial charge on any atom is 0.267 e. The minimum absolute atomic E-state index is 0.203. The first-order chi connectivity index (χ1) is 14.6. The van der Waals surface area contributed by atoms with Crippen molar-refractivity contribution in [2.24, 2.45) is 0 Å². The first-order valence-electron chi connectivity index (χ1n) is 9.65. The van der Waals surface area contributed by atoms with Crippen molar-refractivity contribution in [3.05, 3.63) is 99.4 Å². The average molecular weight is 421 g/mol. The molecule has 2 aromatic carbocycles. The summed E-state index contributed by atoms with van der Waals surface area (Å²) in [5, 5.41) is 7.48. The van der Waals surface area contributed by atoms with Crippen LogP contribution in [0.25, 0.3) is 6.08 Å². The fraction of sp³-hybridized carbons (Fsp3) is 0.167. The first kappa shape index (κ1) is 21.5. The molecule has 6 heteroatoms. The van der Waals surface area contributed by atoms with Gasteiger partial charge in [-0.1, -0.05) is 54.6 Å². The monoisotopic (exact) mass is 420 g/mol. The standard InChI is InChI=1S/C24H24N2O3S/c1-18-8-5-6-12-21(18)23(27)26-22(16-20-11-7-15-30-20)24(28)25-13-14-29-17-19-9-3-2-4-10-19/h2-12,15-16H,13-14,17H2,1H3,(H,25,28)(H,26,27)/b22-16-. The van der Waals surface area contributed by atoms with Crippen molar-refractivity contribution in [2.45, 2.75) is 13.5 Å². The molecule has 0 aliphatic heterocycles. The topological polar surface area (TPSA) is 67.4 Å². The van der Waals surface area contributed by atoms with Crippen LogP contribution in [0.4, 0.5) is 0 Å². The van der Waals surface area contributed by atoms with Gasteiger partial charge in [-0.3, -0.25) is 9.59 Å². The minimum Gasteiger partial charge on any atom is -0.375 e. The van der Waals surface area contributed by atoms with Crippen LogP contribution in [0, 0.1) is 6.92 Å². The van der Waals surface area contributed by atoms with Gasteiger partial charge in [0.15, 0.2) is 0 Å². The lowest BCUT2D eigenvalue weighted by molar-refractivity contribution is -0.118. The predicted octanol–water partition coefficient (Wildman–Crippen LogP) is 4.16. The fourth-order valence-electron chi connectivity index (χ4n) is 2.79. The Kier molecular flexibility index (Phi) is 7.94. The Labute approximate surface area is 180 Å². The molecule has 2 N–H and O–H groups in total. The Morgan fingerprint density at radius 2 is 1.77 bits per heavy atom. The van der Waals surface area contributed by atoms with Crippen molar-refractivity contribution in [1.82, 2.24) is 10.6 Å². The second-order valence-corrected chi connectivity index (χ2v) is 7.62. The molecule has 0 fully saturated rings. The van der Waals surface area contributed by atoms with Crippen molar-refractivity contribution in [1.29, 1.82) is 0 Å². The van der Waals surface area contributed by atoms with E-state index in [9.17, 15) is 9.59 Å². The molecule has 0 aliphatic carbocycles. The number of aryl methyl sites for hydroxylation is 1. The molecule has 5 nitrogen and oxygen atoms in total. The molecular formula is C24H24N2O3S. The lowest BCUT2D eigenvalue weighted by atomic mass is 10.1. The normalized spacial score (nSPS) is 11.2. The number of hydrogen-bond acceptors (Lipinski definition) is 4. The summed E-state index contributed by atoms with van der Waals surface area (Å²) in [5.41, 5.74) is 2.66. The summed E-state index contributed by atoms with van der Waals surface area (Å²) in [6.45, 7) is 3.06. The van der Waals surface area contributed by atoms with Crippen LogP contribution < -0.4 is 10.6 Å². The number of thiophene rings is 1. The SMILES string of the molecule is Cc1ccccc1C(=O)N/C(=C\c1cccs1)C(=O)NCCOCc1ccccc1. The Bertz CT molecular complexity index is 998. The van der Waals surface area contributed by atoms with Crippen molar-refractivity contribution in [2.75, 3.05) is 13.2 Å². The summed E-state index contributed by atoms with van der Waals surface area (Å²) in [4.78, 5) is 26.3. The van der Waals surface area contributed by atoms with Crippen LogP contribution >= 0.6 is 11.3 Å². The lowest BCUT2D eigenvalue weighted by Crippen LogP contribution is -2.36. The van der Waals surface area contributed by atoms with E-state index in [1.165, 1.54) is 11.3 Å². The smallest absolute Gasteiger partial charge is 0.267 e. The lowest BCUT2D eigenvalue weighted by Gasteiger charge is -2.12. The molecule has 1 aromatic heterocycles. The van der Waals surface area contributed by atoms with E-state index in [1.807, 2.05) is 66.9 Å². The highest BCUT2D eigenvalue weighted by molar-refractivity contribution is 7.10. The maximum atomic E-state index is 12.7. The van der Waals surface area contributed by atoms with Crippen molar-refractivity contribution in [3.8, 4) is 0 Å².